The third-order valence-electron chi connectivity index (χ3n) is 5.98. The minimum Gasteiger partial charge on any atom is -0.341 e. The van der Waals surface area contributed by atoms with Crippen LogP contribution in [0.15, 0.2) is 64.2 Å². The Balaban J connectivity index is 2.21. The molecule has 2 aromatic heterocycles. The fourth-order valence-electron chi connectivity index (χ4n) is 4.51. The van der Waals surface area contributed by atoms with Gasteiger partial charge in [0, 0.05) is 20.6 Å². The first-order chi connectivity index (χ1) is 15.4. The molecule has 1 unspecified atom stereocenters. The van der Waals surface area contributed by atoms with Gasteiger partial charge in [0.25, 0.3) is 5.56 Å². The quantitative estimate of drug-likeness (QED) is 0.531. The number of aryl methyl sites for hydroxylation is 1. The van der Waals surface area contributed by atoms with Gasteiger partial charge in [-0.15, -0.1) is 0 Å². The molecule has 0 fully saturated rings. The summed E-state index contributed by atoms with van der Waals surface area (Å²) in [6, 6.07) is 19.0. The Morgan fingerprint density at radius 2 is 1.75 bits per heavy atom. The molecule has 0 saturated heterocycles. The van der Waals surface area contributed by atoms with Gasteiger partial charge in [-0.3, -0.25) is 13.9 Å². The van der Waals surface area contributed by atoms with Crippen LogP contribution in [0, 0.1) is 11.3 Å². The van der Waals surface area contributed by atoms with Crippen molar-refractivity contribution in [1.82, 2.24) is 19.0 Å². The Morgan fingerprint density at radius 1 is 1.03 bits per heavy atom. The summed E-state index contributed by atoms with van der Waals surface area (Å²) >= 11 is 0. The van der Waals surface area contributed by atoms with E-state index in [2.05, 4.69) is 16.0 Å². The molecule has 1 atom stereocenters. The highest BCUT2D eigenvalue weighted by atomic mass is 16.2. The SMILES string of the molecule is CCn1c(-c2ccccc2)c2c(=O)n(C)c(=O)n(C)c2c1C(NC)c1cccc(C#N)c1. The van der Waals surface area contributed by atoms with Gasteiger partial charge in [-0.25, -0.2) is 4.79 Å². The molecule has 0 radical (unpaired) electrons. The Kier molecular flexibility index (Phi) is 5.56. The van der Waals surface area contributed by atoms with Crippen LogP contribution >= 0.6 is 0 Å². The van der Waals surface area contributed by atoms with Gasteiger partial charge >= 0.3 is 5.69 Å². The van der Waals surface area contributed by atoms with E-state index in [9.17, 15) is 14.9 Å². The third kappa shape index (κ3) is 3.17. The molecule has 1 N–H and O–H groups in total. The zero-order valence-corrected chi connectivity index (χ0v) is 18.6. The van der Waals surface area contributed by atoms with Crippen molar-refractivity contribution in [2.24, 2.45) is 14.1 Å². The number of benzene rings is 2. The van der Waals surface area contributed by atoms with E-state index in [-0.39, 0.29) is 17.3 Å². The van der Waals surface area contributed by atoms with Gasteiger partial charge in [0.15, 0.2) is 0 Å². The summed E-state index contributed by atoms with van der Waals surface area (Å²) < 4.78 is 4.80. The molecule has 0 saturated carbocycles. The maximum absolute atomic E-state index is 13.4. The maximum Gasteiger partial charge on any atom is 0.331 e. The molecule has 0 spiro atoms. The molecule has 162 valence electrons. The van der Waals surface area contributed by atoms with Crippen LogP contribution in [0.5, 0.6) is 0 Å². The van der Waals surface area contributed by atoms with Crippen molar-refractivity contribution in [2.75, 3.05) is 7.05 Å². The fourth-order valence-corrected chi connectivity index (χ4v) is 4.51. The van der Waals surface area contributed by atoms with Crippen molar-refractivity contribution in [3.63, 3.8) is 0 Å². The second kappa shape index (κ2) is 8.33. The van der Waals surface area contributed by atoms with E-state index < -0.39 is 0 Å². The highest BCUT2D eigenvalue weighted by Gasteiger charge is 2.29. The number of rotatable bonds is 5. The van der Waals surface area contributed by atoms with E-state index in [1.807, 2.05) is 62.5 Å². The molecule has 0 aliphatic heterocycles. The Labute approximate surface area is 185 Å². The number of aromatic nitrogens is 3. The predicted octanol–water partition coefficient (Wildman–Crippen LogP) is 2.91. The Bertz CT molecular complexity index is 1470. The molecule has 0 aliphatic carbocycles. The van der Waals surface area contributed by atoms with Crippen LogP contribution < -0.4 is 16.6 Å². The standard InChI is InChI=1S/C25H25N5O2/c1-5-30-21(17-11-7-6-8-12-17)19-22(28(3)25(32)29(4)24(19)31)23(30)20(27-2)18-13-9-10-16(14-18)15-26/h6-14,20,27H,5H2,1-4H3. The van der Waals surface area contributed by atoms with E-state index >= 15 is 0 Å². The zero-order valence-electron chi connectivity index (χ0n) is 18.6. The van der Waals surface area contributed by atoms with Crippen molar-refractivity contribution in [2.45, 2.75) is 19.5 Å². The highest BCUT2D eigenvalue weighted by Crippen LogP contribution is 2.36. The molecule has 0 bridgehead atoms. The van der Waals surface area contributed by atoms with Crippen LogP contribution in [-0.4, -0.2) is 20.7 Å². The zero-order chi connectivity index (χ0) is 23.0. The fraction of sp³-hybridized carbons (Fsp3) is 0.240. The van der Waals surface area contributed by atoms with Crippen molar-refractivity contribution in [3.05, 3.63) is 92.3 Å². The van der Waals surface area contributed by atoms with E-state index in [4.69, 9.17) is 0 Å². The summed E-state index contributed by atoms with van der Waals surface area (Å²) in [4.78, 5) is 26.3. The van der Waals surface area contributed by atoms with Crippen molar-refractivity contribution >= 4 is 10.9 Å². The number of fused-ring (bicyclic) bond motifs is 1. The molecule has 0 amide bonds. The molecule has 4 aromatic rings. The lowest BCUT2D eigenvalue weighted by atomic mass is 10.0. The summed E-state index contributed by atoms with van der Waals surface area (Å²) in [5.74, 6) is 0. The minimum absolute atomic E-state index is 0.323. The topological polar surface area (TPSA) is 84.8 Å². The van der Waals surface area contributed by atoms with Gasteiger partial charge in [-0.1, -0.05) is 42.5 Å². The van der Waals surface area contributed by atoms with Gasteiger partial charge in [-0.05, 0) is 37.2 Å². The van der Waals surface area contributed by atoms with Crippen LogP contribution in [-0.2, 0) is 20.6 Å². The molecular weight excluding hydrogens is 402 g/mol. The lowest BCUT2D eigenvalue weighted by Gasteiger charge is -2.21. The van der Waals surface area contributed by atoms with Crippen molar-refractivity contribution in [1.29, 1.82) is 5.26 Å². The molecule has 2 heterocycles. The summed E-state index contributed by atoms with van der Waals surface area (Å²) in [5.41, 5.74) is 3.83. The van der Waals surface area contributed by atoms with Crippen molar-refractivity contribution < 1.29 is 0 Å². The summed E-state index contributed by atoms with van der Waals surface area (Å²) in [6.45, 7) is 2.62. The largest absolute Gasteiger partial charge is 0.341 e. The molecule has 0 aliphatic rings. The van der Waals surface area contributed by atoms with Crippen LogP contribution in [0.3, 0.4) is 0 Å². The lowest BCUT2D eigenvalue weighted by molar-refractivity contribution is 0.611. The number of nitrogens with zero attached hydrogens (tertiary/aromatic N) is 4. The lowest BCUT2D eigenvalue weighted by Crippen LogP contribution is -2.37. The van der Waals surface area contributed by atoms with Gasteiger partial charge < -0.3 is 9.88 Å². The average molecular weight is 428 g/mol. The number of nitriles is 1. The normalized spacial score (nSPS) is 12.1. The second-order valence-electron chi connectivity index (χ2n) is 7.73. The van der Waals surface area contributed by atoms with E-state index in [0.717, 1.165) is 27.1 Å². The average Bonchev–Trinajstić information content (AvgIpc) is 3.17. The maximum atomic E-state index is 13.4. The van der Waals surface area contributed by atoms with E-state index in [1.165, 1.54) is 7.05 Å². The Morgan fingerprint density at radius 3 is 2.38 bits per heavy atom. The van der Waals surface area contributed by atoms with Crippen LogP contribution in [0.4, 0.5) is 0 Å². The molecule has 32 heavy (non-hydrogen) atoms. The first-order valence-electron chi connectivity index (χ1n) is 10.5. The van der Waals surface area contributed by atoms with Gasteiger partial charge in [-0.2, -0.15) is 5.26 Å². The summed E-state index contributed by atoms with van der Waals surface area (Å²) in [5, 5.41) is 13.2. The molecule has 7 heteroatoms. The van der Waals surface area contributed by atoms with Crippen LogP contribution in [0.25, 0.3) is 22.2 Å². The first kappa shape index (κ1) is 21.3. The second-order valence-corrected chi connectivity index (χ2v) is 7.73. The van der Waals surface area contributed by atoms with Gasteiger partial charge in [0.05, 0.1) is 40.0 Å². The monoisotopic (exact) mass is 427 g/mol. The summed E-state index contributed by atoms with van der Waals surface area (Å²) in [6.07, 6.45) is 0. The van der Waals surface area contributed by atoms with Gasteiger partial charge in [0.2, 0.25) is 0 Å². The van der Waals surface area contributed by atoms with Crippen molar-refractivity contribution in [3.8, 4) is 17.3 Å². The van der Waals surface area contributed by atoms with Crippen LogP contribution in [0.2, 0.25) is 0 Å². The third-order valence-corrected chi connectivity index (χ3v) is 5.98. The van der Waals surface area contributed by atoms with E-state index in [1.54, 1.807) is 17.7 Å². The molecule has 4 rings (SSSR count). The van der Waals surface area contributed by atoms with Crippen LogP contribution in [0.1, 0.15) is 29.8 Å². The molecule has 2 aromatic carbocycles. The molecular formula is C25H25N5O2. The smallest absolute Gasteiger partial charge is 0.331 e. The van der Waals surface area contributed by atoms with E-state index in [0.29, 0.717) is 23.0 Å². The predicted molar refractivity (Wildman–Crippen MR) is 126 cm³/mol. The van der Waals surface area contributed by atoms with Gasteiger partial charge in [0.1, 0.15) is 0 Å². The Hall–Kier alpha value is -3.89. The minimum atomic E-state index is -0.378. The highest BCUT2D eigenvalue weighted by molar-refractivity contribution is 5.96. The first-order valence-corrected chi connectivity index (χ1v) is 10.5. The summed E-state index contributed by atoms with van der Waals surface area (Å²) in [7, 11) is 5.04. The number of nitrogens with one attached hydrogen (secondary N) is 1. The molecule has 7 nitrogen and oxygen atoms in total. The number of hydrogen-bond donors (Lipinski definition) is 1. The number of hydrogen-bond acceptors (Lipinski definition) is 4.